The van der Waals surface area contributed by atoms with Crippen LogP contribution >= 0.6 is 0 Å². The van der Waals surface area contributed by atoms with Gasteiger partial charge in [-0.25, -0.2) is 14.4 Å². The molecule has 7 nitrogen and oxygen atoms in total. The first-order chi connectivity index (χ1) is 25.7. The number of ketones is 1. The number of rotatable bonds is 12. The van der Waals surface area contributed by atoms with E-state index in [1.807, 2.05) is 109 Å². The van der Waals surface area contributed by atoms with E-state index in [4.69, 9.17) is 14.2 Å². The standard InChI is InChI=1S/C46H38O7/c1-31(47)36-17-5-32(6-18-36)13-25-40-29-42(27-15-34-9-21-38(22-10-34)45(49)52-3)43(28-16-35-11-23-39(24-12-35)46(50)53-4)30-41(40)26-14-33-7-19-37(20-8-33)44(48)51-2/h5-30H,1-4H3/b25-13+,26-14+,27-15+,28-16+. The molecule has 0 fully saturated rings. The second-order valence-electron chi connectivity index (χ2n) is 12.0. The van der Waals surface area contributed by atoms with Gasteiger partial charge in [0.25, 0.3) is 0 Å². The van der Waals surface area contributed by atoms with Gasteiger partial charge >= 0.3 is 17.9 Å². The van der Waals surface area contributed by atoms with Gasteiger partial charge in [0.1, 0.15) is 0 Å². The van der Waals surface area contributed by atoms with Crippen LogP contribution in [0.25, 0.3) is 48.6 Å². The van der Waals surface area contributed by atoms with Crippen LogP contribution in [0, 0.1) is 0 Å². The molecular weight excluding hydrogens is 664 g/mol. The third-order valence-corrected chi connectivity index (χ3v) is 8.42. The smallest absolute Gasteiger partial charge is 0.337 e. The first-order valence-corrected chi connectivity index (χ1v) is 16.7. The Balaban J connectivity index is 1.59. The zero-order valence-electron chi connectivity index (χ0n) is 29.9. The quantitative estimate of drug-likeness (QED) is 0.0553. The Hall–Kier alpha value is -6.86. The lowest BCUT2D eigenvalue weighted by Crippen LogP contribution is -2.00. The molecular formula is C46H38O7. The fourth-order valence-corrected chi connectivity index (χ4v) is 5.36. The van der Waals surface area contributed by atoms with Gasteiger partial charge in [-0.3, -0.25) is 4.79 Å². The second kappa shape index (κ2) is 17.9. The maximum absolute atomic E-state index is 12.0. The lowest BCUT2D eigenvalue weighted by Gasteiger charge is -2.10. The summed E-state index contributed by atoms with van der Waals surface area (Å²) in [5.41, 5.74) is 9.38. The number of carbonyl (C=O) groups excluding carboxylic acids is 4. The molecule has 0 aliphatic heterocycles. The minimum Gasteiger partial charge on any atom is -0.465 e. The first-order valence-electron chi connectivity index (χ1n) is 16.7. The highest BCUT2D eigenvalue weighted by molar-refractivity contribution is 5.95. The van der Waals surface area contributed by atoms with E-state index < -0.39 is 17.9 Å². The van der Waals surface area contributed by atoms with Crippen LogP contribution in [0.2, 0.25) is 0 Å². The van der Waals surface area contributed by atoms with Crippen molar-refractivity contribution >= 4 is 72.3 Å². The highest BCUT2D eigenvalue weighted by Crippen LogP contribution is 2.26. The van der Waals surface area contributed by atoms with Crippen molar-refractivity contribution in [1.82, 2.24) is 0 Å². The number of hydrogen-bond donors (Lipinski definition) is 0. The Morgan fingerprint density at radius 2 is 0.585 bits per heavy atom. The topological polar surface area (TPSA) is 96.0 Å². The average molecular weight is 703 g/mol. The summed E-state index contributed by atoms with van der Waals surface area (Å²) in [6.07, 6.45) is 16.0. The van der Waals surface area contributed by atoms with Crippen LogP contribution in [-0.4, -0.2) is 45.0 Å². The molecule has 0 saturated carbocycles. The van der Waals surface area contributed by atoms with E-state index in [2.05, 4.69) is 12.1 Å². The summed E-state index contributed by atoms with van der Waals surface area (Å²) >= 11 is 0. The molecule has 0 radical (unpaired) electrons. The highest BCUT2D eigenvalue weighted by Gasteiger charge is 2.08. The average Bonchev–Trinajstić information content (AvgIpc) is 3.20. The van der Waals surface area contributed by atoms with E-state index in [1.54, 1.807) is 43.3 Å². The number of esters is 3. The lowest BCUT2D eigenvalue weighted by molar-refractivity contribution is 0.0592. The summed E-state index contributed by atoms with van der Waals surface area (Å²) < 4.78 is 14.5. The maximum Gasteiger partial charge on any atom is 0.337 e. The molecule has 0 bridgehead atoms. The van der Waals surface area contributed by atoms with Crippen LogP contribution < -0.4 is 0 Å². The SMILES string of the molecule is COC(=O)c1ccc(/C=C/c2cc(/C=C/c3ccc(C(=O)OC)cc3)c(/C=C/c3ccc(C(=O)OC)cc3)cc2/C=C/c2ccc(C(C)=O)cc2)cc1. The van der Waals surface area contributed by atoms with Gasteiger partial charge in [-0.1, -0.05) is 109 Å². The van der Waals surface area contributed by atoms with Crippen molar-refractivity contribution in [2.45, 2.75) is 6.92 Å². The summed E-state index contributed by atoms with van der Waals surface area (Å²) in [5.74, 6) is -1.19. The Kier molecular flexibility index (Phi) is 12.6. The van der Waals surface area contributed by atoms with Crippen LogP contribution in [0.1, 0.15) is 92.9 Å². The summed E-state index contributed by atoms with van der Waals surface area (Å²) in [4.78, 5) is 47.7. The Morgan fingerprint density at radius 1 is 0.358 bits per heavy atom. The zero-order valence-corrected chi connectivity index (χ0v) is 29.9. The molecule has 0 N–H and O–H groups in total. The largest absolute Gasteiger partial charge is 0.465 e. The van der Waals surface area contributed by atoms with Gasteiger partial charge in [0.2, 0.25) is 0 Å². The van der Waals surface area contributed by atoms with E-state index in [0.29, 0.717) is 22.3 Å². The van der Waals surface area contributed by atoms with Crippen molar-refractivity contribution in [1.29, 1.82) is 0 Å². The van der Waals surface area contributed by atoms with Crippen molar-refractivity contribution in [2.75, 3.05) is 21.3 Å². The van der Waals surface area contributed by atoms with Gasteiger partial charge < -0.3 is 14.2 Å². The van der Waals surface area contributed by atoms with E-state index in [9.17, 15) is 19.2 Å². The van der Waals surface area contributed by atoms with Crippen LogP contribution in [0.5, 0.6) is 0 Å². The predicted octanol–water partition coefficient (Wildman–Crippen LogP) is 9.93. The fourth-order valence-electron chi connectivity index (χ4n) is 5.36. The van der Waals surface area contributed by atoms with Crippen LogP contribution in [0.15, 0.2) is 109 Å². The molecule has 0 spiro atoms. The normalized spacial score (nSPS) is 11.4. The molecule has 0 aliphatic carbocycles. The van der Waals surface area contributed by atoms with Crippen molar-refractivity contribution in [3.8, 4) is 0 Å². The van der Waals surface area contributed by atoms with E-state index >= 15 is 0 Å². The molecule has 0 amide bonds. The lowest BCUT2D eigenvalue weighted by atomic mass is 9.95. The minimum atomic E-state index is -0.401. The molecule has 0 saturated heterocycles. The maximum atomic E-state index is 12.0. The van der Waals surface area contributed by atoms with Crippen molar-refractivity contribution in [3.63, 3.8) is 0 Å². The van der Waals surface area contributed by atoms with Crippen molar-refractivity contribution in [3.05, 3.63) is 176 Å². The minimum absolute atomic E-state index is 0.00647. The van der Waals surface area contributed by atoms with Crippen molar-refractivity contribution < 1.29 is 33.4 Å². The first kappa shape index (κ1) is 37.4. The Labute approximate surface area is 309 Å². The second-order valence-corrected chi connectivity index (χ2v) is 12.0. The number of methoxy groups -OCH3 is 3. The molecule has 264 valence electrons. The molecule has 7 heteroatoms. The van der Waals surface area contributed by atoms with Gasteiger partial charge in [0.05, 0.1) is 38.0 Å². The molecule has 5 aromatic carbocycles. The van der Waals surface area contributed by atoms with E-state index in [0.717, 1.165) is 44.5 Å². The van der Waals surface area contributed by atoms with E-state index in [1.165, 1.54) is 21.3 Å². The number of benzene rings is 5. The third-order valence-electron chi connectivity index (χ3n) is 8.42. The number of Topliss-reactive ketones (excluding diaryl/α,β-unsaturated/α-hetero) is 1. The summed E-state index contributed by atoms with van der Waals surface area (Å²) in [6, 6.07) is 33.1. The molecule has 0 aromatic heterocycles. The predicted molar refractivity (Wildman–Crippen MR) is 212 cm³/mol. The third kappa shape index (κ3) is 10.1. The molecule has 5 aromatic rings. The van der Waals surface area contributed by atoms with Gasteiger partial charge in [-0.2, -0.15) is 0 Å². The number of hydrogen-bond acceptors (Lipinski definition) is 7. The Bertz CT molecular complexity index is 2220. The Morgan fingerprint density at radius 3 is 0.792 bits per heavy atom. The summed E-state index contributed by atoms with van der Waals surface area (Å²) in [5, 5.41) is 0. The number of carbonyl (C=O) groups is 4. The summed E-state index contributed by atoms with van der Waals surface area (Å²) in [6.45, 7) is 1.54. The van der Waals surface area contributed by atoms with E-state index in [-0.39, 0.29) is 5.78 Å². The fraction of sp³-hybridized carbons (Fsp3) is 0.0870. The van der Waals surface area contributed by atoms with Gasteiger partial charge in [-0.15, -0.1) is 0 Å². The molecule has 0 atom stereocenters. The molecule has 0 heterocycles. The van der Waals surface area contributed by atoms with Crippen LogP contribution in [0.3, 0.4) is 0 Å². The molecule has 5 rings (SSSR count). The summed E-state index contributed by atoms with van der Waals surface area (Å²) in [7, 11) is 4.06. The molecule has 0 unspecified atom stereocenters. The molecule has 0 aliphatic rings. The zero-order chi connectivity index (χ0) is 37.7. The van der Waals surface area contributed by atoms with Crippen molar-refractivity contribution in [2.24, 2.45) is 0 Å². The van der Waals surface area contributed by atoms with Gasteiger partial charge in [0.15, 0.2) is 5.78 Å². The monoisotopic (exact) mass is 702 g/mol. The number of ether oxygens (including phenoxy) is 3. The van der Waals surface area contributed by atoms with Crippen LogP contribution in [-0.2, 0) is 14.2 Å². The van der Waals surface area contributed by atoms with Gasteiger partial charge in [0, 0.05) is 5.56 Å². The van der Waals surface area contributed by atoms with Gasteiger partial charge in [-0.05, 0) is 100.0 Å². The highest BCUT2D eigenvalue weighted by atomic mass is 16.5. The van der Waals surface area contributed by atoms with Crippen LogP contribution in [0.4, 0.5) is 0 Å². The molecule has 53 heavy (non-hydrogen) atoms.